The molecule has 0 spiro atoms. The van der Waals surface area contributed by atoms with E-state index in [4.69, 9.17) is 5.11 Å². The first-order valence-electron chi connectivity index (χ1n) is 5.68. The second-order valence-electron chi connectivity index (χ2n) is 4.68. The van der Waals surface area contributed by atoms with Crippen LogP contribution >= 0.6 is 0 Å². The molecule has 2 N–H and O–H groups in total. The summed E-state index contributed by atoms with van der Waals surface area (Å²) in [5, 5.41) is 10.2. The molecule has 1 aromatic heterocycles. The molecular formula is C14H17NO2. The third-order valence-electron chi connectivity index (χ3n) is 3.90. The zero-order valence-electron chi connectivity index (χ0n) is 10.9. The summed E-state index contributed by atoms with van der Waals surface area (Å²) in [7, 11) is 0. The number of rotatable bonds is 1. The fourth-order valence-electron chi connectivity index (χ4n) is 2.50. The van der Waals surface area contributed by atoms with Crippen LogP contribution in [0.2, 0.25) is 0 Å². The van der Waals surface area contributed by atoms with Crippen molar-refractivity contribution >= 4 is 16.9 Å². The minimum Gasteiger partial charge on any atom is -0.477 e. The lowest BCUT2D eigenvalue weighted by Crippen LogP contribution is -1.98. The third-order valence-corrected chi connectivity index (χ3v) is 3.90. The number of hydrogen-bond acceptors (Lipinski definition) is 1. The Kier molecular flexibility index (Phi) is 2.49. The lowest BCUT2D eigenvalue weighted by molar-refractivity contribution is 0.0691. The Labute approximate surface area is 100 Å². The molecule has 0 atom stereocenters. The topological polar surface area (TPSA) is 53.1 Å². The van der Waals surface area contributed by atoms with E-state index in [-0.39, 0.29) is 0 Å². The molecule has 1 aromatic carbocycles. The van der Waals surface area contributed by atoms with E-state index in [1.54, 1.807) is 0 Å². The van der Waals surface area contributed by atoms with Crippen LogP contribution in [-0.4, -0.2) is 16.1 Å². The molecule has 0 radical (unpaired) electrons. The summed E-state index contributed by atoms with van der Waals surface area (Å²) in [6, 6.07) is 0. The van der Waals surface area contributed by atoms with E-state index >= 15 is 0 Å². The Morgan fingerprint density at radius 2 is 1.41 bits per heavy atom. The van der Waals surface area contributed by atoms with Crippen molar-refractivity contribution in [2.45, 2.75) is 34.6 Å². The molecule has 90 valence electrons. The molecule has 1 heterocycles. The van der Waals surface area contributed by atoms with Gasteiger partial charge in [-0.3, -0.25) is 0 Å². The lowest BCUT2D eigenvalue weighted by atomic mass is 9.94. The number of carboxylic acid groups (broad SMARTS) is 1. The molecule has 0 unspecified atom stereocenters. The Morgan fingerprint density at radius 3 is 1.94 bits per heavy atom. The molecule has 0 saturated carbocycles. The summed E-state index contributed by atoms with van der Waals surface area (Å²) < 4.78 is 0. The molecule has 0 bridgehead atoms. The van der Waals surface area contributed by atoms with Gasteiger partial charge in [-0.15, -0.1) is 0 Å². The first-order chi connectivity index (χ1) is 7.86. The summed E-state index contributed by atoms with van der Waals surface area (Å²) in [5.41, 5.74) is 6.87. The predicted octanol–water partition coefficient (Wildman–Crippen LogP) is 3.41. The number of aromatic nitrogens is 1. The van der Waals surface area contributed by atoms with Gasteiger partial charge < -0.3 is 10.1 Å². The number of hydrogen-bond donors (Lipinski definition) is 2. The number of aromatic amines is 1. The van der Waals surface area contributed by atoms with Crippen molar-refractivity contribution in [3.63, 3.8) is 0 Å². The van der Waals surface area contributed by atoms with Crippen LogP contribution in [0.3, 0.4) is 0 Å². The first kappa shape index (κ1) is 11.7. The van der Waals surface area contributed by atoms with Gasteiger partial charge in [-0.05, 0) is 62.4 Å². The fraction of sp³-hybridized carbons (Fsp3) is 0.357. The van der Waals surface area contributed by atoms with Crippen LogP contribution in [0.4, 0.5) is 0 Å². The van der Waals surface area contributed by atoms with Gasteiger partial charge in [0.1, 0.15) is 5.69 Å². The lowest BCUT2D eigenvalue weighted by Gasteiger charge is -2.11. The number of carboxylic acids is 1. The largest absolute Gasteiger partial charge is 0.477 e. The number of benzene rings is 1. The van der Waals surface area contributed by atoms with Crippen LogP contribution in [-0.2, 0) is 0 Å². The normalized spacial score (nSPS) is 11.1. The van der Waals surface area contributed by atoms with E-state index in [2.05, 4.69) is 25.8 Å². The average molecular weight is 231 g/mol. The second kappa shape index (κ2) is 3.62. The number of carbonyl (C=O) groups is 1. The van der Waals surface area contributed by atoms with E-state index in [0.29, 0.717) is 5.69 Å². The summed E-state index contributed by atoms with van der Waals surface area (Å²) in [6.45, 7) is 10.1. The Bertz CT molecular complexity index is 636. The molecule has 3 nitrogen and oxygen atoms in total. The van der Waals surface area contributed by atoms with Gasteiger partial charge in [0.25, 0.3) is 0 Å². The maximum Gasteiger partial charge on any atom is 0.352 e. The van der Waals surface area contributed by atoms with Crippen LogP contribution in [0, 0.1) is 34.6 Å². The van der Waals surface area contributed by atoms with Crippen molar-refractivity contribution in [2.75, 3.05) is 0 Å². The van der Waals surface area contributed by atoms with Crippen molar-refractivity contribution in [3.8, 4) is 0 Å². The molecule has 2 aromatic rings. The molecular weight excluding hydrogens is 214 g/mol. The van der Waals surface area contributed by atoms with Crippen molar-refractivity contribution in [2.24, 2.45) is 0 Å². The maximum atomic E-state index is 11.2. The number of aromatic carboxylic acids is 1. The van der Waals surface area contributed by atoms with Gasteiger partial charge in [-0.1, -0.05) is 0 Å². The first-order valence-corrected chi connectivity index (χ1v) is 5.68. The summed E-state index contributed by atoms with van der Waals surface area (Å²) in [4.78, 5) is 14.2. The maximum absolute atomic E-state index is 11.2. The third kappa shape index (κ3) is 1.46. The molecule has 0 fully saturated rings. The molecule has 3 heteroatoms. The van der Waals surface area contributed by atoms with Crippen LogP contribution in [0.15, 0.2) is 0 Å². The van der Waals surface area contributed by atoms with Crippen LogP contribution in [0.5, 0.6) is 0 Å². The minimum absolute atomic E-state index is 0.302. The van der Waals surface area contributed by atoms with E-state index in [0.717, 1.165) is 22.0 Å². The fourth-order valence-corrected chi connectivity index (χ4v) is 2.50. The van der Waals surface area contributed by atoms with Crippen LogP contribution < -0.4 is 0 Å². The SMILES string of the molecule is Cc1c(C)c(C)c2c(C)c(C(=O)O)[nH]c2c1C. The van der Waals surface area contributed by atoms with Crippen molar-refractivity contribution in [1.82, 2.24) is 4.98 Å². The molecule has 0 aliphatic carbocycles. The van der Waals surface area contributed by atoms with Crippen molar-refractivity contribution < 1.29 is 9.90 Å². The quantitative estimate of drug-likeness (QED) is 0.790. The molecule has 0 amide bonds. The number of H-pyrrole nitrogens is 1. The van der Waals surface area contributed by atoms with E-state index in [1.165, 1.54) is 16.7 Å². The smallest absolute Gasteiger partial charge is 0.352 e. The predicted molar refractivity (Wildman–Crippen MR) is 68.9 cm³/mol. The second-order valence-corrected chi connectivity index (χ2v) is 4.68. The molecule has 0 aliphatic rings. The van der Waals surface area contributed by atoms with E-state index in [9.17, 15) is 4.79 Å². The highest BCUT2D eigenvalue weighted by atomic mass is 16.4. The Morgan fingerprint density at radius 1 is 0.882 bits per heavy atom. The molecule has 0 saturated heterocycles. The van der Waals surface area contributed by atoms with Crippen molar-refractivity contribution in [3.05, 3.63) is 33.5 Å². The highest BCUT2D eigenvalue weighted by molar-refractivity contribution is 6.00. The highest BCUT2D eigenvalue weighted by Gasteiger charge is 2.18. The Balaban J connectivity index is 3.02. The number of nitrogens with one attached hydrogen (secondary N) is 1. The molecule has 2 rings (SSSR count). The van der Waals surface area contributed by atoms with Crippen LogP contribution in [0.1, 0.15) is 38.3 Å². The van der Waals surface area contributed by atoms with Gasteiger partial charge in [0, 0.05) is 10.9 Å². The van der Waals surface area contributed by atoms with Gasteiger partial charge in [0.2, 0.25) is 0 Å². The standard InChI is InChI=1S/C14H17NO2/c1-6-7(2)9(4)12-11(8(6)3)10(5)13(15-12)14(16)17/h15H,1-5H3,(H,16,17). The van der Waals surface area contributed by atoms with Crippen molar-refractivity contribution in [1.29, 1.82) is 0 Å². The molecule has 0 aliphatic heterocycles. The minimum atomic E-state index is -0.896. The summed E-state index contributed by atoms with van der Waals surface area (Å²) in [6.07, 6.45) is 0. The zero-order valence-corrected chi connectivity index (χ0v) is 10.9. The highest BCUT2D eigenvalue weighted by Crippen LogP contribution is 2.32. The number of fused-ring (bicyclic) bond motifs is 1. The molecule has 17 heavy (non-hydrogen) atoms. The van der Waals surface area contributed by atoms with Gasteiger partial charge in [-0.2, -0.15) is 0 Å². The van der Waals surface area contributed by atoms with Gasteiger partial charge >= 0.3 is 5.97 Å². The number of aryl methyl sites for hydroxylation is 3. The Hall–Kier alpha value is -1.77. The van der Waals surface area contributed by atoms with E-state index in [1.807, 2.05) is 13.8 Å². The zero-order chi connectivity index (χ0) is 12.9. The van der Waals surface area contributed by atoms with Crippen LogP contribution in [0.25, 0.3) is 10.9 Å². The monoisotopic (exact) mass is 231 g/mol. The summed E-state index contributed by atoms with van der Waals surface area (Å²) in [5.74, 6) is -0.896. The van der Waals surface area contributed by atoms with E-state index < -0.39 is 5.97 Å². The van der Waals surface area contributed by atoms with Gasteiger partial charge in [-0.25, -0.2) is 4.79 Å². The van der Waals surface area contributed by atoms with Gasteiger partial charge in [0.05, 0.1) is 0 Å². The summed E-state index contributed by atoms with van der Waals surface area (Å²) >= 11 is 0. The van der Waals surface area contributed by atoms with Gasteiger partial charge in [0.15, 0.2) is 0 Å². The average Bonchev–Trinajstić information content (AvgIpc) is 2.62.